The molecule has 0 aliphatic rings. The Bertz CT molecular complexity index is 956. The summed E-state index contributed by atoms with van der Waals surface area (Å²) in [6.07, 6.45) is 1.54. The molecule has 0 atom stereocenters. The number of benzene rings is 2. The highest BCUT2D eigenvalue weighted by molar-refractivity contribution is 6.30. The molecule has 3 aromatic rings. The zero-order valence-electron chi connectivity index (χ0n) is 14.7. The normalized spacial score (nSPS) is 10.5. The van der Waals surface area contributed by atoms with Crippen molar-refractivity contribution in [1.82, 2.24) is 9.97 Å². The number of methoxy groups -OCH3 is 1. The first-order chi connectivity index (χ1) is 12.5. The fourth-order valence-corrected chi connectivity index (χ4v) is 2.75. The number of amides is 1. The summed E-state index contributed by atoms with van der Waals surface area (Å²) >= 11 is 5.95. The van der Waals surface area contributed by atoms with Gasteiger partial charge in [0.25, 0.3) is 5.91 Å². The van der Waals surface area contributed by atoms with E-state index in [2.05, 4.69) is 15.3 Å². The summed E-state index contributed by atoms with van der Waals surface area (Å²) in [5.41, 5.74) is 3.48. The monoisotopic (exact) mass is 367 g/mol. The van der Waals surface area contributed by atoms with E-state index >= 15 is 0 Å². The predicted octanol–water partition coefficient (Wildman–Crippen LogP) is 4.67. The van der Waals surface area contributed by atoms with Crippen LogP contribution in [-0.4, -0.2) is 23.0 Å². The Labute approximate surface area is 157 Å². The summed E-state index contributed by atoms with van der Waals surface area (Å²) in [6.45, 7) is 3.68. The summed E-state index contributed by atoms with van der Waals surface area (Å²) in [5, 5.41) is 3.50. The van der Waals surface area contributed by atoms with Gasteiger partial charge in [0.05, 0.1) is 18.4 Å². The second kappa shape index (κ2) is 7.54. The fourth-order valence-electron chi connectivity index (χ4n) is 2.53. The number of ether oxygens (including phenoxy) is 1. The first-order valence-corrected chi connectivity index (χ1v) is 8.41. The molecule has 0 saturated heterocycles. The molecule has 0 spiro atoms. The maximum absolute atomic E-state index is 12.6. The van der Waals surface area contributed by atoms with Gasteiger partial charge in [-0.2, -0.15) is 0 Å². The van der Waals surface area contributed by atoms with Crippen LogP contribution in [0.1, 0.15) is 21.6 Å². The predicted molar refractivity (Wildman–Crippen MR) is 103 cm³/mol. The van der Waals surface area contributed by atoms with Gasteiger partial charge < -0.3 is 10.1 Å². The molecule has 0 saturated carbocycles. The van der Waals surface area contributed by atoms with Gasteiger partial charge in [-0.15, -0.1) is 0 Å². The zero-order chi connectivity index (χ0) is 18.7. The largest absolute Gasteiger partial charge is 0.497 e. The van der Waals surface area contributed by atoms with E-state index in [4.69, 9.17) is 16.3 Å². The van der Waals surface area contributed by atoms with Crippen LogP contribution in [0.2, 0.25) is 5.02 Å². The number of nitrogens with one attached hydrogen (secondary N) is 1. The number of halogens is 1. The minimum atomic E-state index is -0.255. The number of carbonyl (C=O) groups excluding carboxylic acids is 1. The quantitative estimate of drug-likeness (QED) is 0.727. The molecule has 0 radical (unpaired) electrons. The molecule has 5 nitrogen and oxygen atoms in total. The molecule has 6 heteroatoms. The maximum Gasteiger partial charge on any atom is 0.259 e. The first-order valence-electron chi connectivity index (χ1n) is 8.03. The third-order valence-electron chi connectivity index (χ3n) is 4.01. The van der Waals surface area contributed by atoms with Crippen LogP contribution in [-0.2, 0) is 0 Å². The van der Waals surface area contributed by atoms with E-state index in [1.54, 1.807) is 38.4 Å². The molecule has 0 unspecified atom stereocenters. The Morgan fingerprint density at radius 3 is 2.46 bits per heavy atom. The lowest BCUT2D eigenvalue weighted by atomic mass is 10.1. The van der Waals surface area contributed by atoms with Gasteiger partial charge in [0, 0.05) is 22.5 Å². The van der Waals surface area contributed by atoms with Crippen molar-refractivity contribution in [2.24, 2.45) is 0 Å². The molecule has 0 fully saturated rings. The molecule has 0 bridgehead atoms. The minimum Gasteiger partial charge on any atom is -0.497 e. The minimum absolute atomic E-state index is 0.255. The molecule has 0 aliphatic heterocycles. The molecule has 132 valence electrons. The topological polar surface area (TPSA) is 64.1 Å². The van der Waals surface area contributed by atoms with Crippen LogP contribution in [0.3, 0.4) is 0 Å². The van der Waals surface area contributed by atoms with Gasteiger partial charge >= 0.3 is 0 Å². The van der Waals surface area contributed by atoms with E-state index in [0.717, 1.165) is 16.9 Å². The van der Waals surface area contributed by atoms with E-state index in [1.807, 2.05) is 31.2 Å². The van der Waals surface area contributed by atoms with E-state index in [1.165, 1.54) is 0 Å². The number of hydrogen-bond acceptors (Lipinski definition) is 4. The Kier molecular flexibility index (Phi) is 5.19. The number of rotatable bonds is 4. The van der Waals surface area contributed by atoms with Crippen molar-refractivity contribution < 1.29 is 9.53 Å². The molecule has 1 amide bonds. The van der Waals surface area contributed by atoms with Gasteiger partial charge in [0.1, 0.15) is 5.75 Å². The summed E-state index contributed by atoms with van der Waals surface area (Å²) in [5.74, 6) is 1.07. The van der Waals surface area contributed by atoms with E-state index in [0.29, 0.717) is 27.8 Å². The lowest BCUT2D eigenvalue weighted by molar-refractivity contribution is 0.102. The van der Waals surface area contributed by atoms with E-state index in [-0.39, 0.29) is 5.91 Å². The van der Waals surface area contributed by atoms with Crippen molar-refractivity contribution in [3.63, 3.8) is 0 Å². The van der Waals surface area contributed by atoms with E-state index in [9.17, 15) is 4.79 Å². The van der Waals surface area contributed by atoms with E-state index < -0.39 is 0 Å². The van der Waals surface area contributed by atoms with Gasteiger partial charge in [-0.05, 0) is 61.9 Å². The number of nitrogens with zero attached hydrogens (tertiary/aromatic N) is 2. The van der Waals surface area contributed by atoms with Crippen LogP contribution in [0.4, 0.5) is 5.69 Å². The van der Waals surface area contributed by atoms with Gasteiger partial charge in [0.2, 0.25) is 0 Å². The summed E-state index contributed by atoms with van der Waals surface area (Å²) in [7, 11) is 1.62. The standard InChI is InChI=1S/C20H18ClN3O2/c1-12-10-15(21)6-9-18(12)24-20(25)17-11-22-19(23-13(17)2)14-4-7-16(26-3)8-5-14/h4-11H,1-3H3,(H,24,25). The molecule has 0 aliphatic carbocycles. The maximum atomic E-state index is 12.6. The molecule has 1 aromatic heterocycles. The highest BCUT2D eigenvalue weighted by Gasteiger charge is 2.14. The molecule has 2 aromatic carbocycles. The van der Waals surface area contributed by atoms with Gasteiger partial charge in [-0.1, -0.05) is 11.6 Å². The third-order valence-corrected chi connectivity index (χ3v) is 4.24. The first kappa shape index (κ1) is 17.9. The Morgan fingerprint density at radius 2 is 1.85 bits per heavy atom. The number of carbonyl (C=O) groups is 1. The zero-order valence-corrected chi connectivity index (χ0v) is 15.5. The molecule has 1 N–H and O–H groups in total. The second-order valence-corrected chi connectivity index (χ2v) is 6.27. The molecule has 26 heavy (non-hydrogen) atoms. The summed E-state index contributed by atoms with van der Waals surface area (Å²) < 4.78 is 5.15. The van der Waals surface area contributed by atoms with Crippen LogP contribution in [0.25, 0.3) is 11.4 Å². The Morgan fingerprint density at radius 1 is 1.12 bits per heavy atom. The molecular weight excluding hydrogens is 350 g/mol. The van der Waals surface area contributed by atoms with Crippen molar-refractivity contribution in [3.05, 3.63) is 70.5 Å². The number of hydrogen-bond donors (Lipinski definition) is 1. The fraction of sp³-hybridized carbons (Fsp3) is 0.150. The smallest absolute Gasteiger partial charge is 0.259 e. The molecule has 1 heterocycles. The highest BCUT2D eigenvalue weighted by atomic mass is 35.5. The Balaban J connectivity index is 1.83. The van der Waals surface area contributed by atoms with Crippen LogP contribution >= 0.6 is 11.6 Å². The van der Waals surface area contributed by atoms with Crippen LogP contribution in [0, 0.1) is 13.8 Å². The Hall–Kier alpha value is -2.92. The average Bonchev–Trinajstić information content (AvgIpc) is 2.64. The van der Waals surface area contributed by atoms with Gasteiger partial charge in [0.15, 0.2) is 5.82 Å². The van der Waals surface area contributed by atoms with Crippen molar-refractivity contribution in [1.29, 1.82) is 0 Å². The van der Waals surface area contributed by atoms with Gasteiger partial charge in [-0.25, -0.2) is 9.97 Å². The lowest BCUT2D eigenvalue weighted by Crippen LogP contribution is -2.15. The SMILES string of the molecule is COc1ccc(-c2ncc(C(=O)Nc3ccc(Cl)cc3C)c(C)n2)cc1. The van der Waals surface area contributed by atoms with Crippen molar-refractivity contribution in [2.45, 2.75) is 13.8 Å². The molecule has 3 rings (SSSR count). The third kappa shape index (κ3) is 3.83. The number of aromatic nitrogens is 2. The van der Waals surface area contributed by atoms with Crippen LogP contribution < -0.4 is 10.1 Å². The van der Waals surface area contributed by atoms with Crippen LogP contribution in [0.15, 0.2) is 48.7 Å². The van der Waals surface area contributed by atoms with Gasteiger partial charge in [-0.3, -0.25) is 4.79 Å². The summed E-state index contributed by atoms with van der Waals surface area (Å²) in [4.78, 5) is 21.4. The number of aryl methyl sites for hydroxylation is 2. The molecular formula is C20H18ClN3O2. The van der Waals surface area contributed by atoms with Crippen LogP contribution in [0.5, 0.6) is 5.75 Å². The lowest BCUT2D eigenvalue weighted by Gasteiger charge is -2.11. The number of anilines is 1. The van der Waals surface area contributed by atoms with Crippen molar-refractivity contribution >= 4 is 23.2 Å². The summed E-state index contributed by atoms with van der Waals surface area (Å²) in [6, 6.07) is 12.8. The van der Waals surface area contributed by atoms with Crippen molar-refractivity contribution in [2.75, 3.05) is 12.4 Å². The van der Waals surface area contributed by atoms with Crippen molar-refractivity contribution in [3.8, 4) is 17.1 Å². The second-order valence-electron chi connectivity index (χ2n) is 5.83. The highest BCUT2D eigenvalue weighted by Crippen LogP contribution is 2.22. The average molecular weight is 368 g/mol.